The number of pyridine rings is 1. The minimum atomic E-state index is 0.0254. The summed E-state index contributed by atoms with van der Waals surface area (Å²) in [5.74, 6) is 0.606. The highest BCUT2D eigenvalue weighted by atomic mass is 16.5. The first-order valence-corrected chi connectivity index (χ1v) is 9.52. The number of carbonyl (C=O) groups is 1. The van der Waals surface area contributed by atoms with Crippen molar-refractivity contribution < 1.29 is 9.53 Å². The zero-order valence-electron chi connectivity index (χ0n) is 16.6. The molecular formula is C22H26N4O2. The van der Waals surface area contributed by atoms with Crippen LogP contribution in [0, 0.1) is 13.8 Å². The van der Waals surface area contributed by atoms with Gasteiger partial charge in [0.2, 0.25) is 11.8 Å². The van der Waals surface area contributed by atoms with Crippen LogP contribution in [0.2, 0.25) is 0 Å². The highest BCUT2D eigenvalue weighted by molar-refractivity contribution is 5.76. The second-order valence-electron chi connectivity index (χ2n) is 6.72. The summed E-state index contributed by atoms with van der Waals surface area (Å²) in [7, 11) is 0. The number of hydrogen-bond acceptors (Lipinski definition) is 4. The van der Waals surface area contributed by atoms with Gasteiger partial charge in [-0.2, -0.15) is 5.10 Å². The third-order valence-electron chi connectivity index (χ3n) is 4.41. The number of carbonyl (C=O) groups excluding carboxylic acids is 1. The molecule has 1 amide bonds. The molecule has 0 aliphatic heterocycles. The van der Waals surface area contributed by atoms with Crippen LogP contribution in [-0.4, -0.2) is 27.3 Å². The van der Waals surface area contributed by atoms with Gasteiger partial charge in [-0.25, -0.2) is 9.67 Å². The van der Waals surface area contributed by atoms with E-state index in [9.17, 15) is 4.79 Å². The van der Waals surface area contributed by atoms with Crippen LogP contribution < -0.4 is 10.1 Å². The first-order valence-electron chi connectivity index (χ1n) is 9.52. The highest BCUT2D eigenvalue weighted by Gasteiger charge is 2.06. The second-order valence-corrected chi connectivity index (χ2v) is 6.72. The van der Waals surface area contributed by atoms with Crippen LogP contribution in [0.25, 0.3) is 5.69 Å². The van der Waals surface area contributed by atoms with Crippen molar-refractivity contribution in [3.05, 3.63) is 71.2 Å². The molecule has 146 valence electrons. The molecule has 0 spiro atoms. The molecule has 28 heavy (non-hydrogen) atoms. The summed E-state index contributed by atoms with van der Waals surface area (Å²) in [6.45, 7) is 6.98. The topological polar surface area (TPSA) is 69.0 Å². The highest BCUT2D eigenvalue weighted by Crippen LogP contribution is 2.14. The van der Waals surface area contributed by atoms with Gasteiger partial charge in [-0.1, -0.05) is 12.1 Å². The fourth-order valence-electron chi connectivity index (χ4n) is 3.03. The first-order chi connectivity index (χ1) is 13.5. The molecule has 3 aromatic rings. The van der Waals surface area contributed by atoms with Crippen LogP contribution in [0.15, 0.2) is 48.7 Å². The quantitative estimate of drug-likeness (QED) is 0.651. The van der Waals surface area contributed by atoms with Gasteiger partial charge in [0.05, 0.1) is 18.0 Å². The summed E-state index contributed by atoms with van der Waals surface area (Å²) in [5, 5.41) is 7.44. The van der Waals surface area contributed by atoms with E-state index in [4.69, 9.17) is 4.74 Å². The van der Waals surface area contributed by atoms with Crippen LogP contribution in [0.4, 0.5) is 0 Å². The molecule has 0 aliphatic rings. The zero-order valence-corrected chi connectivity index (χ0v) is 16.6. The van der Waals surface area contributed by atoms with Gasteiger partial charge in [-0.15, -0.1) is 0 Å². The summed E-state index contributed by atoms with van der Waals surface area (Å²) < 4.78 is 7.31. The molecular weight excluding hydrogens is 352 g/mol. The summed E-state index contributed by atoms with van der Waals surface area (Å²) >= 11 is 0. The summed E-state index contributed by atoms with van der Waals surface area (Å²) in [6.07, 6.45) is 2.84. The van der Waals surface area contributed by atoms with Gasteiger partial charge in [-0.3, -0.25) is 4.79 Å². The van der Waals surface area contributed by atoms with Gasteiger partial charge in [0.1, 0.15) is 0 Å². The van der Waals surface area contributed by atoms with Crippen molar-refractivity contribution in [3.8, 4) is 11.6 Å². The van der Waals surface area contributed by atoms with Gasteiger partial charge < -0.3 is 10.1 Å². The molecule has 0 saturated heterocycles. The van der Waals surface area contributed by atoms with Gasteiger partial charge in [0.25, 0.3) is 0 Å². The maximum atomic E-state index is 12.2. The van der Waals surface area contributed by atoms with Crippen molar-refractivity contribution in [2.75, 3.05) is 6.61 Å². The third-order valence-corrected chi connectivity index (χ3v) is 4.41. The number of nitrogens with one attached hydrogen (secondary N) is 1. The van der Waals surface area contributed by atoms with Gasteiger partial charge in [-0.05, 0) is 62.6 Å². The van der Waals surface area contributed by atoms with E-state index in [1.165, 1.54) is 0 Å². The minimum absolute atomic E-state index is 0.0254. The lowest BCUT2D eigenvalue weighted by molar-refractivity contribution is -0.121. The molecule has 6 nitrogen and oxygen atoms in total. The zero-order chi connectivity index (χ0) is 19.9. The first kappa shape index (κ1) is 19.6. The Balaban J connectivity index is 1.49. The number of aromatic nitrogens is 3. The summed E-state index contributed by atoms with van der Waals surface area (Å²) in [6, 6.07) is 14.0. The standard InChI is InChI=1S/C22H26N4O2/c1-4-28-22-14-19(11-12-23-22)15-24-21(27)10-7-18-5-8-20(9-6-18)26-17(3)13-16(2)25-26/h5-6,8-9,11-14H,4,7,10,15H2,1-3H3,(H,24,27). The van der Waals surface area contributed by atoms with Crippen molar-refractivity contribution >= 4 is 5.91 Å². The number of hydrogen-bond donors (Lipinski definition) is 1. The SMILES string of the molecule is CCOc1cc(CNC(=O)CCc2ccc(-n3nc(C)cc3C)cc2)ccn1. The molecule has 6 heteroatoms. The fraction of sp³-hybridized carbons (Fsp3) is 0.318. The molecule has 0 fully saturated rings. The van der Waals surface area contributed by atoms with E-state index in [1.54, 1.807) is 6.20 Å². The predicted octanol–water partition coefficient (Wildman–Crippen LogP) is 3.53. The van der Waals surface area contributed by atoms with Gasteiger partial charge in [0.15, 0.2) is 0 Å². The molecule has 0 aliphatic carbocycles. The fourth-order valence-corrected chi connectivity index (χ4v) is 3.03. The number of ether oxygens (including phenoxy) is 1. The van der Waals surface area contributed by atoms with Crippen LogP contribution in [0.5, 0.6) is 5.88 Å². The van der Waals surface area contributed by atoms with Crippen LogP contribution >= 0.6 is 0 Å². The lowest BCUT2D eigenvalue weighted by atomic mass is 10.1. The molecule has 1 N–H and O–H groups in total. The molecule has 0 atom stereocenters. The van der Waals surface area contributed by atoms with Crippen LogP contribution in [0.1, 0.15) is 35.9 Å². The Bertz CT molecular complexity index is 932. The number of rotatable bonds is 8. The smallest absolute Gasteiger partial charge is 0.220 e. The molecule has 2 aromatic heterocycles. The van der Waals surface area contributed by atoms with Gasteiger partial charge >= 0.3 is 0 Å². The Morgan fingerprint density at radius 2 is 1.89 bits per heavy atom. The number of nitrogens with zero attached hydrogens (tertiary/aromatic N) is 3. The minimum Gasteiger partial charge on any atom is -0.478 e. The lowest BCUT2D eigenvalue weighted by Crippen LogP contribution is -2.23. The summed E-state index contributed by atoms with van der Waals surface area (Å²) in [4.78, 5) is 16.3. The molecule has 3 rings (SSSR count). The van der Waals surface area contributed by atoms with Crippen LogP contribution in [0.3, 0.4) is 0 Å². The van der Waals surface area contributed by atoms with E-state index in [0.29, 0.717) is 31.9 Å². The third kappa shape index (κ3) is 5.19. The Hall–Kier alpha value is -3.15. The average Bonchev–Trinajstić information content (AvgIpc) is 3.04. The lowest BCUT2D eigenvalue weighted by Gasteiger charge is -2.08. The number of amides is 1. The number of aryl methyl sites for hydroxylation is 3. The number of benzene rings is 1. The maximum absolute atomic E-state index is 12.2. The van der Waals surface area contributed by atoms with Crippen molar-refractivity contribution in [3.63, 3.8) is 0 Å². The Morgan fingerprint density at radius 1 is 1.11 bits per heavy atom. The van der Waals surface area contributed by atoms with Crippen molar-refractivity contribution in [1.82, 2.24) is 20.1 Å². The van der Waals surface area contributed by atoms with Crippen molar-refractivity contribution in [2.45, 2.75) is 40.2 Å². The molecule has 0 bridgehead atoms. The Labute approximate surface area is 165 Å². The Kier molecular flexibility index (Phi) is 6.42. The summed E-state index contributed by atoms with van der Waals surface area (Å²) in [5.41, 5.74) is 5.24. The molecule has 0 unspecified atom stereocenters. The van der Waals surface area contributed by atoms with E-state index in [2.05, 4.69) is 33.6 Å². The molecule has 1 aromatic carbocycles. The second kappa shape index (κ2) is 9.17. The van der Waals surface area contributed by atoms with E-state index in [0.717, 1.165) is 28.2 Å². The van der Waals surface area contributed by atoms with Crippen molar-refractivity contribution in [2.24, 2.45) is 0 Å². The van der Waals surface area contributed by atoms with Crippen LogP contribution in [-0.2, 0) is 17.8 Å². The largest absolute Gasteiger partial charge is 0.478 e. The molecule has 0 saturated carbocycles. The average molecular weight is 378 g/mol. The van der Waals surface area contributed by atoms with Gasteiger partial charge in [0, 0.05) is 30.9 Å². The predicted molar refractivity (Wildman–Crippen MR) is 109 cm³/mol. The monoisotopic (exact) mass is 378 g/mol. The van der Waals surface area contributed by atoms with E-state index < -0.39 is 0 Å². The van der Waals surface area contributed by atoms with E-state index >= 15 is 0 Å². The van der Waals surface area contributed by atoms with E-state index in [-0.39, 0.29) is 5.91 Å². The normalized spacial score (nSPS) is 10.7. The van der Waals surface area contributed by atoms with E-state index in [1.807, 2.05) is 49.7 Å². The maximum Gasteiger partial charge on any atom is 0.220 e. The Morgan fingerprint density at radius 3 is 2.57 bits per heavy atom. The van der Waals surface area contributed by atoms with Crippen molar-refractivity contribution in [1.29, 1.82) is 0 Å². The molecule has 2 heterocycles. The molecule has 0 radical (unpaired) electrons.